The van der Waals surface area contributed by atoms with Gasteiger partial charge in [-0.1, -0.05) is 28.6 Å². The Labute approximate surface area is 121 Å². The molecule has 3 N–H and O–H groups in total. The SMILES string of the molecule is Cc1cnoc1C(=O)Nc1cc(Cl)ccc1C#CCN. The topological polar surface area (TPSA) is 81.2 Å². The van der Waals surface area contributed by atoms with Gasteiger partial charge in [-0.2, -0.15) is 0 Å². The van der Waals surface area contributed by atoms with E-state index in [1.54, 1.807) is 25.1 Å². The van der Waals surface area contributed by atoms with Gasteiger partial charge in [0.05, 0.1) is 18.4 Å². The summed E-state index contributed by atoms with van der Waals surface area (Å²) >= 11 is 5.93. The van der Waals surface area contributed by atoms with Gasteiger partial charge in [0, 0.05) is 16.1 Å². The molecule has 0 unspecified atom stereocenters. The molecular weight excluding hydrogens is 278 g/mol. The van der Waals surface area contributed by atoms with Crippen LogP contribution in [0.15, 0.2) is 28.9 Å². The van der Waals surface area contributed by atoms with Crippen molar-refractivity contribution in [2.75, 3.05) is 11.9 Å². The Bertz CT molecular complexity index is 698. The molecule has 6 heteroatoms. The largest absolute Gasteiger partial charge is 0.351 e. The third kappa shape index (κ3) is 3.18. The number of aromatic nitrogens is 1. The Morgan fingerprint density at radius 3 is 3.00 bits per heavy atom. The van der Waals surface area contributed by atoms with Gasteiger partial charge < -0.3 is 15.6 Å². The summed E-state index contributed by atoms with van der Waals surface area (Å²) in [6, 6.07) is 5.02. The molecule has 5 nitrogen and oxygen atoms in total. The number of hydrogen-bond acceptors (Lipinski definition) is 4. The molecule has 0 radical (unpaired) electrons. The van der Waals surface area contributed by atoms with Crippen molar-refractivity contribution in [1.29, 1.82) is 0 Å². The lowest BCUT2D eigenvalue weighted by molar-refractivity contribution is 0.0987. The Morgan fingerprint density at radius 2 is 2.35 bits per heavy atom. The molecular formula is C14H12ClN3O2. The molecule has 0 aliphatic heterocycles. The highest BCUT2D eigenvalue weighted by molar-refractivity contribution is 6.31. The lowest BCUT2D eigenvalue weighted by Crippen LogP contribution is -2.13. The number of amides is 1. The zero-order valence-electron chi connectivity index (χ0n) is 10.7. The van der Waals surface area contributed by atoms with Crippen LogP contribution in [0.3, 0.4) is 0 Å². The lowest BCUT2D eigenvalue weighted by atomic mass is 10.1. The summed E-state index contributed by atoms with van der Waals surface area (Å²) < 4.78 is 4.90. The van der Waals surface area contributed by atoms with Crippen LogP contribution in [0.4, 0.5) is 5.69 Å². The van der Waals surface area contributed by atoms with Gasteiger partial charge in [0.1, 0.15) is 0 Å². The average Bonchev–Trinajstić information content (AvgIpc) is 2.84. The van der Waals surface area contributed by atoms with E-state index in [0.717, 1.165) is 0 Å². The van der Waals surface area contributed by atoms with Crippen LogP contribution in [0.5, 0.6) is 0 Å². The Balaban J connectivity index is 2.31. The maximum atomic E-state index is 12.1. The van der Waals surface area contributed by atoms with Crippen LogP contribution in [0.25, 0.3) is 0 Å². The van der Waals surface area contributed by atoms with E-state index in [4.69, 9.17) is 21.9 Å². The van der Waals surface area contributed by atoms with Gasteiger partial charge in [0.15, 0.2) is 0 Å². The second kappa shape index (κ2) is 6.24. The summed E-state index contributed by atoms with van der Waals surface area (Å²) in [6.07, 6.45) is 1.47. The molecule has 2 aromatic rings. The summed E-state index contributed by atoms with van der Waals surface area (Å²) in [5.74, 6) is 5.35. The first-order valence-corrected chi connectivity index (χ1v) is 6.20. The predicted molar refractivity (Wildman–Crippen MR) is 76.6 cm³/mol. The number of carbonyl (C=O) groups excluding carboxylic acids is 1. The molecule has 0 bridgehead atoms. The molecule has 0 saturated carbocycles. The number of anilines is 1. The fourth-order valence-corrected chi connectivity index (χ4v) is 1.74. The summed E-state index contributed by atoms with van der Waals surface area (Å²) in [4.78, 5) is 12.1. The number of benzene rings is 1. The van der Waals surface area contributed by atoms with E-state index in [2.05, 4.69) is 22.3 Å². The zero-order valence-corrected chi connectivity index (χ0v) is 11.5. The zero-order chi connectivity index (χ0) is 14.5. The van der Waals surface area contributed by atoms with E-state index in [-0.39, 0.29) is 12.3 Å². The smallest absolute Gasteiger partial charge is 0.294 e. The first-order valence-electron chi connectivity index (χ1n) is 5.83. The van der Waals surface area contributed by atoms with Crippen molar-refractivity contribution in [3.63, 3.8) is 0 Å². The molecule has 0 spiro atoms. The van der Waals surface area contributed by atoms with Crippen molar-refractivity contribution < 1.29 is 9.32 Å². The molecule has 20 heavy (non-hydrogen) atoms. The second-order valence-electron chi connectivity index (χ2n) is 3.99. The van der Waals surface area contributed by atoms with Gasteiger partial charge >= 0.3 is 0 Å². The van der Waals surface area contributed by atoms with Crippen molar-refractivity contribution in [2.24, 2.45) is 5.73 Å². The fourth-order valence-electron chi connectivity index (χ4n) is 1.56. The van der Waals surface area contributed by atoms with Crippen LogP contribution in [-0.2, 0) is 0 Å². The minimum absolute atomic E-state index is 0.155. The lowest BCUT2D eigenvalue weighted by Gasteiger charge is -2.06. The van der Waals surface area contributed by atoms with E-state index in [1.165, 1.54) is 6.20 Å². The van der Waals surface area contributed by atoms with Gasteiger partial charge in [-0.15, -0.1) is 0 Å². The van der Waals surface area contributed by atoms with Crippen molar-refractivity contribution in [1.82, 2.24) is 5.16 Å². The van der Waals surface area contributed by atoms with Gasteiger partial charge in [0.2, 0.25) is 5.76 Å². The van der Waals surface area contributed by atoms with E-state index < -0.39 is 5.91 Å². The number of carbonyl (C=O) groups is 1. The van der Waals surface area contributed by atoms with Gasteiger partial charge in [-0.3, -0.25) is 4.79 Å². The number of nitrogens with one attached hydrogen (secondary N) is 1. The van der Waals surface area contributed by atoms with Gasteiger partial charge in [0.25, 0.3) is 5.91 Å². The third-order valence-corrected chi connectivity index (χ3v) is 2.74. The number of nitrogens with zero attached hydrogens (tertiary/aromatic N) is 1. The number of nitrogens with two attached hydrogens (primary N) is 1. The maximum Gasteiger partial charge on any atom is 0.294 e. The van der Waals surface area contributed by atoms with Crippen LogP contribution in [0.1, 0.15) is 21.7 Å². The van der Waals surface area contributed by atoms with Crippen LogP contribution in [-0.4, -0.2) is 17.6 Å². The van der Waals surface area contributed by atoms with E-state index in [0.29, 0.717) is 21.8 Å². The highest BCUT2D eigenvalue weighted by Crippen LogP contribution is 2.21. The minimum atomic E-state index is -0.405. The van der Waals surface area contributed by atoms with Crippen molar-refractivity contribution in [3.05, 3.63) is 46.3 Å². The predicted octanol–water partition coefficient (Wildman–Crippen LogP) is 2.20. The Hall–Kier alpha value is -2.29. The first-order chi connectivity index (χ1) is 9.61. The minimum Gasteiger partial charge on any atom is -0.351 e. The van der Waals surface area contributed by atoms with Crippen LogP contribution < -0.4 is 11.1 Å². The third-order valence-electron chi connectivity index (χ3n) is 2.51. The summed E-state index contributed by atoms with van der Waals surface area (Å²) in [7, 11) is 0. The first kappa shape index (κ1) is 14.1. The number of hydrogen-bond donors (Lipinski definition) is 2. The van der Waals surface area contributed by atoms with Crippen molar-refractivity contribution >= 4 is 23.2 Å². The molecule has 0 atom stereocenters. The van der Waals surface area contributed by atoms with E-state index in [1.807, 2.05) is 0 Å². The highest BCUT2D eigenvalue weighted by atomic mass is 35.5. The molecule has 1 heterocycles. The maximum absolute atomic E-state index is 12.1. The Morgan fingerprint density at radius 1 is 1.55 bits per heavy atom. The summed E-state index contributed by atoms with van der Waals surface area (Å²) in [6.45, 7) is 1.97. The highest BCUT2D eigenvalue weighted by Gasteiger charge is 2.15. The van der Waals surface area contributed by atoms with Crippen molar-refractivity contribution in [2.45, 2.75) is 6.92 Å². The normalized spacial score (nSPS) is 9.75. The molecule has 0 aliphatic carbocycles. The second-order valence-corrected chi connectivity index (χ2v) is 4.42. The van der Waals surface area contributed by atoms with E-state index >= 15 is 0 Å². The molecule has 0 fully saturated rings. The Kier molecular flexibility index (Phi) is 4.41. The molecule has 1 amide bonds. The number of rotatable bonds is 2. The summed E-state index contributed by atoms with van der Waals surface area (Å²) in [5, 5.41) is 6.76. The molecule has 102 valence electrons. The monoisotopic (exact) mass is 289 g/mol. The number of aryl methyl sites for hydroxylation is 1. The van der Waals surface area contributed by atoms with Crippen LogP contribution >= 0.6 is 11.6 Å². The van der Waals surface area contributed by atoms with E-state index in [9.17, 15) is 4.79 Å². The summed E-state index contributed by atoms with van der Waals surface area (Å²) in [5.41, 5.74) is 7.13. The fraction of sp³-hybridized carbons (Fsp3) is 0.143. The van der Waals surface area contributed by atoms with Crippen molar-refractivity contribution in [3.8, 4) is 11.8 Å². The molecule has 1 aromatic heterocycles. The van der Waals surface area contributed by atoms with Crippen LogP contribution in [0.2, 0.25) is 5.02 Å². The number of halogens is 1. The standard InChI is InChI=1S/C14H12ClN3O2/c1-9-8-17-20-13(9)14(19)18-12-7-11(15)5-4-10(12)3-2-6-16/h4-5,7-8H,6,16H2,1H3,(H,18,19). The molecule has 0 aliphatic rings. The van der Waals surface area contributed by atoms with Gasteiger partial charge in [-0.05, 0) is 25.1 Å². The molecule has 2 rings (SSSR count). The molecule has 0 saturated heterocycles. The molecule has 1 aromatic carbocycles. The average molecular weight is 290 g/mol. The quantitative estimate of drug-likeness (QED) is 0.831. The van der Waals surface area contributed by atoms with Crippen LogP contribution in [0, 0.1) is 18.8 Å². The van der Waals surface area contributed by atoms with Gasteiger partial charge in [-0.25, -0.2) is 0 Å².